The Balaban J connectivity index is 1.92. The fourth-order valence-electron chi connectivity index (χ4n) is 3.98. The van der Waals surface area contributed by atoms with Crippen molar-refractivity contribution in [3.63, 3.8) is 0 Å². The Kier molecular flexibility index (Phi) is 8.70. The molecule has 2 aliphatic rings. The third-order valence-corrected chi connectivity index (χ3v) is 9.47. The Hall–Kier alpha value is -2.61. The highest BCUT2D eigenvalue weighted by Gasteiger charge is 2.33. The van der Waals surface area contributed by atoms with Gasteiger partial charge in [0.1, 0.15) is 0 Å². The minimum atomic E-state index is -3.95. The number of hydrogen-bond donors (Lipinski definition) is 6. The normalized spacial score (nSPS) is 23.3. The summed E-state index contributed by atoms with van der Waals surface area (Å²) in [5.41, 5.74) is -0.420. The van der Waals surface area contributed by atoms with Crippen LogP contribution in [0.25, 0.3) is 0 Å². The lowest BCUT2D eigenvalue weighted by Gasteiger charge is -2.33. The average Bonchev–Trinajstić information content (AvgIpc) is 3.21. The number of carbonyl (C=O) groups excluding carboxylic acids is 1. The summed E-state index contributed by atoms with van der Waals surface area (Å²) in [6.07, 6.45) is 0.930. The van der Waals surface area contributed by atoms with Gasteiger partial charge in [-0.15, -0.1) is 0 Å². The zero-order valence-corrected chi connectivity index (χ0v) is 22.7. The number of benzene rings is 1. The molecule has 0 spiro atoms. The van der Waals surface area contributed by atoms with Crippen LogP contribution < -0.4 is 20.7 Å². The molecule has 1 aromatic carbocycles. The molecule has 3 atom stereocenters. The van der Waals surface area contributed by atoms with Gasteiger partial charge >= 0.3 is 12.2 Å². The second-order valence-electron chi connectivity index (χ2n) is 9.96. The third-order valence-electron chi connectivity index (χ3n) is 5.26. The molecule has 36 heavy (non-hydrogen) atoms. The molecule has 1 aromatic rings. The smallest absolute Gasteiger partial charge is 0.411 e. The van der Waals surface area contributed by atoms with Crippen LogP contribution in [0.15, 0.2) is 44.6 Å². The predicted molar refractivity (Wildman–Crippen MR) is 142 cm³/mol. The number of piperidine rings is 1. The largest absolute Gasteiger partial charge is 0.465 e. The summed E-state index contributed by atoms with van der Waals surface area (Å²) in [7, 11) is -5.18. The first kappa shape index (κ1) is 28.0. The molecule has 0 bridgehead atoms. The summed E-state index contributed by atoms with van der Waals surface area (Å²) in [6.45, 7) is 9.17. The number of aliphatic imine (C=N–C) groups is 1. The monoisotopic (exact) mass is 541 g/mol. The van der Waals surface area contributed by atoms with Crippen LogP contribution in [0.2, 0.25) is 0 Å². The minimum absolute atomic E-state index is 0.0614. The molecule has 0 aromatic heterocycles. The van der Waals surface area contributed by atoms with Crippen LogP contribution in [-0.2, 0) is 14.8 Å². The number of sulfonamides is 1. The lowest BCUT2D eigenvalue weighted by Crippen LogP contribution is -2.51. The number of rotatable bonds is 7. The van der Waals surface area contributed by atoms with Gasteiger partial charge in [-0.1, -0.05) is 0 Å². The van der Waals surface area contributed by atoms with E-state index in [1.54, 1.807) is 53.0 Å². The van der Waals surface area contributed by atoms with Crippen LogP contribution in [0, 0.1) is 0 Å². The van der Waals surface area contributed by atoms with Gasteiger partial charge in [0.05, 0.1) is 22.1 Å². The number of hydrogen-bond acceptors (Lipinski definition) is 7. The first-order valence-electron chi connectivity index (χ1n) is 11.7. The number of ether oxygens (including phenoxy) is 1. The zero-order valence-electron chi connectivity index (χ0n) is 21.0. The molecule has 13 heteroatoms. The molecule has 200 valence electrons. The maximum absolute atomic E-state index is 13.5. The van der Waals surface area contributed by atoms with E-state index in [1.165, 1.54) is 6.07 Å². The number of carboxylic acid groups (broad SMARTS) is 1. The molecule has 0 radical (unpaired) electrons. The summed E-state index contributed by atoms with van der Waals surface area (Å²) in [5.74, 6) is 0. The van der Waals surface area contributed by atoms with Crippen molar-refractivity contribution in [2.24, 2.45) is 4.99 Å². The van der Waals surface area contributed by atoms with Crippen molar-refractivity contribution >= 4 is 43.8 Å². The van der Waals surface area contributed by atoms with Gasteiger partial charge in [-0.25, -0.2) is 22.7 Å². The second kappa shape index (κ2) is 11.2. The molecule has 3 unspecified atom stereocenters. The van der Waals surface area contributed by atoms with E-state index in [0.717, 1.165) is 5.04 Å². The molecule has 0 aliphatic carbocycles. The molecule has 2 amide bonds. The quantitative estimate of drug-likeness (QED) is 0.289. The van der Waals surface area contributed by atoms with E-state index in [2.05, 4.69) is 25.7 Å². The molecule has 2 heterocycles. The van der Waals surface area contributed by atoms with Gasteiger partial charge < -0.3 is 20.5 Å². The van der Waals surface area contributed by atoms with E-state index in [0.29, 0.717) is 30.0 Å². The van der Waals surface area contributed by atoms with Crippen LogP contribution in [0.1, 0.15) is 47.5 Å². The standard InChI is InChI=1S/C23H35N5O6S2/c1-14(2)34-22(31)27-15-7-9-18(19(12-15)36(32,33)28-23(3,4)5)35-11-10-24-20(35)17-8-6-16(13-25-17)26-21(29)30/h7,9-12,14,16-17,25-26,28,35H,6,8,13H2,1-5H3,(H,27,31)(H,29,30). The molecule has 1 saturated heterocycles. The van der Waals surface area contributed by atoms with Crippen molar-refractivity contribution in [1.82, 2.24) is 15.4 Å². The molecular weight excluding hydrogens is 506 g/mol. The highest BCUT2D eigenvalue weighted by atomic mass is 32.2. The van der Waals surface area contributed by atoms with Crippen molar-refractivity contribution in [3.8, 4) is 0 Å². The van der Waals surface area contributed by atoms with Gasteiger partial charge in [-0.3, -0.25) is 10.3 Å². The topological polar surface area (TPSA) is 158 Å². The van der Waals surface area contributed by atoms with E-state index in [1.807, 2.05) is 5.41 Å². The van der Waals surface area contributed by atoms with E-state index < -0.39 is 38.6 Å². The number of thiol groups is 1. The van der Waals surface area contributed by atoms with Gasteiger partial charge in [0.15, 0.2) is 0 Å². The van der Waals surface area contributed by atoms with E-state index >= 15 is 0 Å². The summed E-state index contributed by atoms with van der Waals surface area (Å²) in [5, 5.41) is 20.1. The van der Waals surface area contributed by atoms with Crippen molar-refractivity contribution in [2.75, 3.05) is 11.9 Å². The molecule has 11 nitrogen and oxygen atoms in total. The van der Waals surface area contributed by atoms with Gasteiger partial charge in [0.25, 0.3) is 0 Å². The van der Waals surface area contributed by atoms with E-state index in [-0.39, 0.29) is 23.1 Å². The fourth-order valence-corrected chi connectivity index (χ4v) is 8.22. The van der Waals surface area contributed by atoms with Crippen molar-refractivity contribution in [2.45, 2.75) is 81.0 Å². The lowest BCUT2D eigenvalue weighted by molar-refractivity contribution is 0.130. The first-order chi connectivity index (χ1) is 16.7. The highest BCUT2D eigenvalue weighted by molar-refractivity contribution is 8.32. The minimum Gasteiger partial charge on any atom is -0.465 e. The summed E-state index contributed by atoms with van der Waals surface area (Å²) in [6, 6.07) is 4.50. The van der Waals surface area contributed by atoms with Crippen LogP contribution in [0.4, 0.5) is 15.3 Å². The highest BCUT2D eigenvalue weighted by Crippen LogP contribution is 2.48. The maximum Gasteiger partial charge on any atom is 0.411 e. The Morgan fingerprint density at radius 3 is 2.56 bits per heavy atom. The van der Waals surface area contributed by atoms with Crippen molar-refractivity contribution < 1.29 is 27.9 Å². The molecule has 5 N–H and O–H groups in total. The summed E-state index contributed by atoms with van der Waals surface area (Å²) in [4.78, 5) is 28.3. The van der Waals surface area contributed by atoms with Crippen LogP contribution >= 0.6 is 10.9 Å². The number of carbonyl (C=O) groups is 2. The van der Waals surface area contributed by atoms with Gasteiger partial charge in [0, 0.05) is 34.9 Å². The second-order valence-corrected chi connectivity index (χ2v) is 13.6. The maximum atomic E-state index is 13.5. The molecular formula is C23H35N5O6S2. The van der Waals surface area contributed by atoms with Crippen LogP contribution in [-0.4, -0.2) is 61.0 Å². The summed E-state index contributed by atoms with van der Waals surface area (Å²) < 4.78 is 34.8. The van der Waals surface area contributed by atoms with Crippen LogP contribution in [0.3, 0.4) is 0 Å². The van der Waals surface area contributed by atoms with Crippen molar-refractivity contribution in [3.05, 3.63) is 29.8 Å². The van der Waals surface area contributed by atoms with E-state index in [9.17, 15) is 18.0 Å². The third kappa shape index (κ3) is 7.45. The van der Waals surface area contributed by atoms with Crippen LogP contribution in [0.5, 0.6) is 0 Å². The predicted octanol–water partition coefficient (Wildman–Crippen LogP) is 3.35. The van der Waals surface area contributed by atoms with Gasteiger partial charge in [0.2, 0.25) is 10.0 Å². The SMILES string of the molecule is CC(C)OC(=O)Nc1ccc([SH]2C=CN=C2C2CCC(NC(=O)O)CN2)c(S(=O)(=O)NC(C)(C)C)c1. The Bertz CT molecular complexity index is 1150. The van der Waals surface area contributed by atoms with Gasteiger partial charge in [-0.2, -0.15) is 10.9 Å². The zero-order chi connectivity index (χ0) is 26.7. The van der Waals surface area contributed by atoms with E-state index in [4.69, 9.17) is 9.84 Å². The number of anilines is 1. The Morgan fingerprint density at radius 2 is 1.97 bits per heavy atom. The first-order valence-corrected chi connectivity index (χ1v) is 14.6. The average molecular weight is 542 g/mol. The van der Waals surface area contributed by atoms with Gasteiger partial charge in [-0.05, 0) is 71.1 Å². The number of nitrogens with one attached hydrogen (secondary N) is 4. The number of amides is 2. The molecule has 2 aliphatic heterocycles. The Morgan fingerprint density at radius 1 is 1.25 bits per heavy atom. The molecule has 0 saturated carbocycles. The Labute approximate surface area is 214 Å². The number of nitrogens with zero attached hydrogens (tertiary/aromatic N) is 1. The molecule has 3 rings (SSSR count). The summed E-state index contributed by atoms with van der Waals surface area (Å²) >= 11 is 0. The lowest BCUT2D eigenvalue weighted by atomic mass is 10.0. The fraction of sp³-hybridized carbons (Fsp3) is 0.522. The molecule has 1 fully saturated rings. The van der Waals surface area contributed by atoms with Crippen molar-refractivity contribution in [1.29, 1.82) is 0 Å².